The Morgan fingerprint density at radius 3 is 1.91 bits per heavy atom. The molecule has 0 bridgehead atoms. The van der Waals surface area contributed by atoms with Gasteiger partial charge in [0.1, 0.15) is 11.5 Å². The third-order valence-corrected chi connectivity index (χ3v) is 6.57. The summed E-state index contributed by atoms with van der Waals surface area (Å²) in [5.41, 5.74) is 13.3. The van der Waals surface area contributed by atoms with Crippen LogP contribution in [0.15, 0.2) is 66.7 Å². The Kier molecular flexibility index (Phi) is 13.9. The number of nitrogens with two attached hydrogens (primary N) is 2. The van der Waals surface area contributed by atoms with Gasteiger partial charge in [-0.15, -0.1) is 0 Å². The number of halogens is 3. The second-order valence-electron chi connectivity index (χ2n) is 10.3. The van der Waals surface area contributed by atoms with Crippen LogP contribution in [-0.2, 0) is 14.3 Å². The molecule has 0 aliphatic rings. The Bertz CT molecular complexity index is 1480. The highest BCUT2D eigenvalue weighted by Crippen LogP contribution is 2.30. The molecule has 0 spiro atoms. The van der Waals surface area contributed by atoms with Crippen molar-refractivity contribution in [2.24, 2.45) is 0 Å². The van der Waals surface area contributed by atoms with Crippen LogP contribution in [0.1, 0.15) is 64.8 Å². The van der Waals surface area contributed by atoms with Crippen LogP contribution < -0.4 is 25.7 Å². The van der Waals surface area contributed by atoms with E-state index in [1.165, 1.54) is 49.6 Å². The number of unbranched alkanes of at least 4 members (excludes halogenated alkanes) is 3. The summed E-state index contributed by atoms with van der Waals surface area (Å²) in [5.74, 6) is -0.701. The molecule has 3 aromatic carbocycles. The highest BCUT2D eigenvalue weighted by atomic mass is 19.4. The summed E-state index contributed by atoms with van der Waals surface area (Å²) in [6, 6.07) is 15.3. The number of hydrogen-bond donors (Lipinski definition) is 2. The zero-order valence-corrected chi connectivity index (χ0v) is 25.8. The van der Waals surface area contributed by atoms with Crippen LogP contribution in [0.25, 0.3) is 6.08 Å². The highest BCUT2D eigenvalue weighted by Gasteiger charge is 2.26. The molecule has 0 aliphatic carbocycles. The number of alkyl halides is 3. The van der Waals surface area contributed by atoms with Crippen molar-refractivity contribution in [1.82, 2.24) is 0 Å². The van der Waals surface area contributed by atoms with E-state index >= 15 is 0 Å². The number of nitrogen functional groups attached to an aromatic ring is 2. The molecule has 4 N–H and O–H groups in total. The van der Waals surface area contributed by atoms with Gasteiger partial charge in [-0.1, -0.05) is 12.1 Å². The third-order valence-electron chi connectivity index (χ3n) is 6.57. The van der Waals surface area contributed by atoms with Crippen molar-refractivity contribution in [3.05, 3.63) is 83.4 Å². The van der Waals surface area contributed by atoms with Crippen molar-refractivity contribution in [1.29, 1.82) is 0 Å². The number of rotatable bonds is 17. The molecule has 13 heteroatoms. The van der Waals surface area contributed by atoms with E-state index in [9.17, 15) is 27.6 Å². The van der Waals surface area contributed by atoms with E-state index in [4.69, 9.17) is 35.2 Å². The molecule has 0 atom stereocenters. The normalized spacial score (nSPS) is 11.2. The summed E-state index contributed by atoms with van der Waals surface area (Å²) in [4.78, 5) is 36.7. The smallest absolute Gasteiger partial charge is 0.389 e. The average molecular weight is 659 g/mol. The molecule has 3 rings (SSSR count). The Labute approximate surface area is 270 Å². The number of carbonyl (C=O) groups is 3. The minimum absolute atomic E-state index is 0.0922. The molecule has 252 valence electrons. The van der Waals surface area contributed by atoms with Crippen LogP contribution in [0.2, 0.25) is 0 Å². The molecule has 0 aromatic heterocycles. The second kappa shape index (κ2) is 18.1. The van der Waals surface area contributed by atoms with Gasteiger partial charge >= 0.3 is 24.1 Å². The van der Waals surface area contributed by atoms with Gasteiger partial charge in [-0.05, 0) is 92.3 Å². The quantitative estimate of drug-likeness (QED) is 0.0523. The summed E-state index contributed by atoms with van der Waals surface area (Å²) >= 11 is 0. The van der Waals surface area contributed by atoms with Gasteiger partial charge in [0.2, 0.25) is 0 Å². The number of carbonyl (C=O) groups excluding carboxylic acids is 3. The van der Waals surface area contributed by atoms with Crippen LogP contribution >= 0.6 is 0 Å². The molecule has 0 saturated carbocycles. The fourth-order valence-corrected chi connectivity index (χ4v) is 4.18. The van der Waals surface area contributed by atoms with E-state index in [2.05, 4.69) is 0 Å². The fraction of sp³-hybridized carbons (Fsp3) is 0.324. The molecular weight excluding hydrogens is 621 g/mol. The van der Waals surface area contributed by atoms with Gasteiger partial charge in [0.05, 0.1) is 49.4 Å². The maximum Gasteiger partial charge on any atom is 0.389 e. The van der Waals surface area contributed by atoms with Gasteiger partial charge in [-0.2, -0.15) is 13.2 Å². The van der Waals surface area contributed by atoms with Crippen LogP contribution in [0.3, 0.4) is 0 Å². The largest absolute Gasteiger partial charge is 0.494 e. The van der Waals surface area contributed by atoms with Crippen LogP contribution in [0.4, 0.5) is 24.5 Å². The van der Waals surface area contributed by atoms with E-state index < -0.39 is 30.5 Å². The minimum atomic E-state index is -4.23. The van der Waals surface area contributed by atoms with Gasteiger partial charge in [0.25, 0.3) is 0 Å². The first-order chi connectivity index (χ1) is 22.4. The van der Waals surface area contributed by atoms with Crippen LogP contribution in [-0.4, -0.2) is 51.0 Å². The van der Waals surface area contributed by atoms with Gasteiger partial charge in [-0.3, -0.25) is 0 Å². The number of hydrogen-bond acceptors (Lipinski definition) is 10. The van der Waals surface area contributed by atoms with E-state index in [1.54, 1.807) is 30.3 Å². The van der Waals surface area contributed by atoms with Crippen molar-refractivity contribution < 1.29 is 51.2 Å². The van der Waals surface area contributed by atoms with Crippen LogP contribution in [0.5, 0.6) is 17.2 Å². The molecule has 0 unspecified atom stereocenters. The monoisotopic (exact) mass is 658 g/mol. The van der Waals surface area contributed by atoms with Gasteiger partial charge < -0.3 is 35.2 Å². The second-order valence-corrected chi connectivity index (χ2v) is 10.3. The number of esters is 3. The zero-order valence-electron chi connectivity index (χ0n) is 25.8. The highest BCUT2D eigenvalue weighted by molar-refractivity contribution is 5.93. The van der Waals surface area contributed by atoms with Crippen molar-refractivity contribution >= 4 is 35.4 Å². The molecule has 3 aromatic rings. The summed E-state index contributed by atoms with van der Waals surface area (Å²) in [7, 11) is 1.44. The maximum atomic E-state index is 12.4. The SMILES string of the molecule is COc1c(N)cc(C(=O)OCCCCCCOC(=O)/C=C/c2ccc(OC(=O)c3ccc(OCCCC(F)(F)F)cc3)cc2)cc1N. The van der Waals surface area contributed by atoms with Crippen molar-refractivity contribution in [2.75, 3.05) is 38.4 Å². The molecule has 0 amide bonds. The fourth-order valence-electron chi connectivity index (χ4n) is 4.18. The molecule has 0 radical (unpaired) electrons. The molecule has 0 aliphatic heterocycles. The number of anilines is 2. The standard InChI is InChI=1S/C34H37F3N2O8/c1-43-31-28(38)21-25(22-29(31)39)32(41)46-19-5-3-2-4-18-45-30(40)16-9-23-7-12-27(13-8-23)47-33(42)24-10-14-26(15-11-24)44-20-6-17-34(35,36)37/h7-16,21-22H,2-6,17-20,38-39H2,1H3/b16-9+. The van der Waals surface area contributed by atoms with Gasteiger partial charge in [-0.25, -0.2) is 14.4 Å². The van der Waals surface area contributed by atoms with Crippen LogP contribution in [0, 0.1) is 0 Å². The minimum Gasteiger partial charge on any atom is -0.494 e. The molecular formula is C34H37F3N2O8. The van der Waals surface area contributed by atoms with E-state index in [0.29, 0.717) is 29.9 Å². The number of benzene rings is 3. The first kappa shape index (κ1) is 36.3. The summed E-state index contributed by atoms with van der Waals surface area (Å²) in [5, 5.41) is 0. The van der Waals surface area contributed by atoms with Crippen molar-refractivity contribution in [2.45, 2.75) is 44.7 Å². The molecule has 47 heavy (non-hydrogen) atoms. The lowest BCUT2D eigenvalue weighted by Gasteiger charge is -2.10. The summed E-state index contributed by atoms with van der Waals surface area (Å²) in [6.07, 6.45) is 0.398. The molecule has 0 heterocycles. The Morgan fingerprint density at radius 1 is 0.723 bits per heavy atom. The molecule has 10 nitrogen and oxygen atoms in total. The lowest BCUT2D eigenvalue weighted by molar-refractivity contribution is -0.138. The third kappa shape index (κ3) is 13.0. The van der Waals surface area contributed by atoms with E-state index in [-0.39, 0.29) is 54.5 Å². The first-order valence-electron chi connectivity index (χ1n) is 14.8. The summed E-state index contributed by atoms with van der Waals surface area (Å²) < 4.78 is 62.8. The topological polar surface area (TPSA) is 149 Å². The maximum absolute atomic E-state index is 12.4. The predicted molar refractivity (Wildman–Crippen MR) is 169 cm³/mol. The Hall–Kier alpha value is -5.20. The number of methoxy groups -OCH3 is 1. The lowest BCUT2D eigenvalue weighted by Crippen LogP contribution is -2.10. The van der Waals surface area contributed by atoms with Gasteiger partial charge in [0, 0.05) is 12.5 Å². The van der Waals surface area contributed by atoms with Gasteiger partial charge in [0.15, 0.2) is 5.75 Å². The number of ether oxygens (including phenoxy) is 5. The van der Waals surface area contributed by atoms with E-state index in [0.717, 1.165) is 12.8 Å². The first-order valence-corrected chi connectivity index (χ1v) is 14.8. The lowest BCUT2D eigenvalue weighted by atomic mass is 10.1. The van der Waals surface area contributed by atoms with Crippen molar-refractivity contribution in [3.8, 4) is 17.2 Å². The zero-order chi connectivity index (χ0) is 34.2. The predicted octanol–water partition coefficient (Wildman–Crippen LogP) is 6.77. The van der Waals surface area contributed by atoms with E-state index in [1.807, 2.05) is 0 Å². The Balaban J connectivity index is 1.28. The summed E-state index contributed by atoms with van der Waals surface area (Å²) in [6.45, 7) is 0.380. The molecule has 0 saturated heterocycles. The Morgan fingerprint density at radius 2 is 1.32 bits per heavy atom. The van der Waals surface area contributed by atoms with Crippen molar-refractivity contribution in [3.63, 3.8) is 0 Å². The molecule has 0 fully saturated rings. The average Bonchev–Trinajstić information content (AvgIpc) is 3.03.